The Kier molecular flexibility index (Phi) is 5.29. The van der Waals surface area contributed by atoms with Gasteiger partial charge in [0, 0.05) is 29.3 Å². The van der Waals surface area contributed by atoms with Crippen molar-refractivity contribution >= 4 is 28.0 Å². The van der Waals surface area contributed by atoms with Crippen LogP contribution in [0.15, 0.2) is 48.3 Å². The van der Waals surface area contributed by atoms with E-state index < -0.39 is 0 Å². The number of allylic oxidation sites excluding steroid dienone is 2. The molecule has 0 bridgehead atoms. The van der Waals surface area contributed by atoms with Gasteiger partial charge in [-0.3, -0.25) is 14.2 Å². The van der Waals surface area contributed by atoms with Crippen LogP contribution in [0, 0.1) is 0 Å². The summed E-state index contributed by atoms with van der Waals surface area (Å²) in [6.07, 6.45) is 2.24. The van der Waals surface area contributed by atoms with Gasteiger partial charge in [-0.25, -0.2) is 0 Å². The van der Waals surface area contributed by atoms with Gasteiger partial charge in [0.05, 0.1) is 31.4 Å². The lowest BCUT2D eigenvalue weighted by Gasteiger charge is -2.14. The minimum atomic E-state index is -0.136. The average Bonchev–Trinajstić information content (AvgIpc) is 3.16. The molecule has 0 radical (unpaired) electrons. The van der Waals surface area contributed by atoms with Gasteiger partial charge < -0.3 is 15.2 Å². The van der Waals surface area contributed by atoms with Crippen LogP contribution in [0.5, 0.6) is 11.5 Å². The van der Waals surface area contributed by atoms with Crippen molar-refractivity contribution in [2.24, 2.45) is 5.73 Å². The summed E-state index contributed by atoms with van der Waals surface area (Å²) in [7, 11) is 3.20. The monoisotopic (exact) mass is 417 g/mol. The number of fused-ring (bicyclic) bond motifs is 3. The van der Waals surface area contributed by atoms with Gasteiger partial charge in [-0.15, -0.1) is 10.2 Å². The number of carbonyl (C=O) groups excluding carboxylic acids is 1. The number of benzene rings is 2. The molecular weight excluding hydrogens is 394 g/mol. The van der Waals surface area contributed by atoms with Gasteiger partial charge in [0.1, 0.15) is 17.3 Å². The Hall–Kier alpha value is -3.94. The van der Waals surface area contributed by atoms with Crippen molar-refractivity contribution in [2.75, 3.05) is 14.2 Å². The van der Waals surface area contributed by atoms with Gasteiger partial charge in [0.15, 0.2) is 11.4 Å². The lowest BCUT2D eigenvalue weighted by molar-refractivity contribution is -0.111. The third kappa shape index (κ3) is 3.68. The molecule has 8 nitrogen and oxygen atoms in total. The van der Waals surface area contributed by atoms with E-state index in [0.717, 1.165) is 22.7 Å². The number of carbonyl (C=O) groups is 1. The van der Waals surface area contributed by atoms with Crippen molar-refractivity contribution in [1.82, 2.24) is 19.6 Å². The number of hydrogen-bond acceptors (Lipinski definition) is 7. The largest absolute Gasteiger partial charge is 0.497 e. The fraction of sp³-hybridized carbons (Fsp3) is 0.217. The molecule has 4 aromatic rings. The van der Waals surface area contributed by atoms with E-state index in [2.05, 4.69) is 15.2 Å². The molecule has 2 aromatic heterocycles. The molecule has 0 amide bonds. The van der Waals surface area contributed by atoms with Gasteiger partial charge >= 0.3 is 0 Å². The van der Waals surface area contributed by atoms with Gasteiger partial charge in [0.2, 0.25) is 0 Å². The maximum absolute atomic E-state index is 12.2. The molecule has 2 aromatic carbocycles. The van der Waals surface area contributed by atoms with Crippen LogP contribution < -0.4 is 15.2 Å². The summed E-state index contributed by atoms with van der Waals surface area (Å²) in [6.45, 7) is 3.18. The van der Waals surface area contributed by atoms with Crippen molar-refractivity contribution in [1.29, 1.82) is 0 Å². The number of aromatic nitrogens is 4. The Bertz CT molecular complexity index is 1320. The van der Waals surface area contributed by atoms with Gasteiger partial charge in [-0.2, -0.15) is 0 Å². The van der Waals surface area contributed by atoms with E-state index >= 15 is 0 Å². The van der Waals surface area contributed by atoms with Crippen LogP contribution in [0.1, 0.15) is 30.8 Å². The number of methoxy groups -OCH3 is 2. The first-order chi connectivity index (χ1) is 14.9. The maximum atomic E-state index is 12.2. The molecular formula is C23H23N5O3. The van der Waals surface area contributed by atoms with E-state index in [0.29, 0.717) is 40.2 Å². The molecule has 31 heavy (non-hydrogen) atoms. The van der Waals surface area contributed by atoms with Crippen LogP contribution in [0.4, 0.5) is 0 Å². The third-order valence-corrected chi connectivity index (χ3v) is 5.15. The predicted octanol–water partition coefficient (Wildman–Crippen LogP) is 3.16. The zero-order chi connectivity index (χ0) is 22.1. The second-order valence-corrected chi connectivity index (χ2v) is 7.25. The van der Waals surface area contributed by atoms with Crippen LogP contribution >= 0.6 is 0 Å². The zero-order valence-corrected chi connectivity index (χ0v) is 17.8. The maximum Gasteiger partial charge on any atom is 0.179 e. The normalized spacial score (nSPS) is 12.1. The number of Topliss-reactive ketones (excluding diaryl/α,β-unsaturated/α-hetero) is 1. The molecule has 8 heteroatoms. The summed E-state index contributed by atoms with van der Waals surface area (Å²) in [4.78, 5) is 16.7. The Morgan fingerprint density at radius 2 is 1.81 bits per heavy atom. The number of nitrogens with zero attached hydrogens (tertiary/aromatic N) is 4. The highest BCUT2D eigenvalue weighted by Crippen LogP contribution is 2.32. The fourth-order valence-corrected chi connectivity index (χ4v) is 3.73. The molecule has 0 atom stereocenters. The number of ketones is 1. The lowest BCUT2D eigenvalue weighted by atomic mass is 9.99. The summed E-state index contributed by atoms with van der Waals surface area (Å²) < 4.78 is 12.8. The number of rotatable bonds is 6. The highest BCUT2D eigenvalue weighted by molar-refractivity contribution is 6.21. The Morgan fingerprint density at radius 1 is 1.06 bits per heavy atom. The molecule has 0 saturated heterocycles. The average molecular weight is 417 g/mol. The van der Waals surface area contributed by atoms with Gasteiger partial charge in [-0.1, -0.05) is 12.1 Å². The minimum absolute atomic E-state index is 0.136. The van der Waals surface area contributed by atoms with Crippen molar-refractivity contribution in [3.05, 3.63) is 65.2 Å². The van der Waals surface area contributed by atoms with E-state index in [-0.39, 0.29) is 5.78 Å². The van der Waals surface area contributed by atoms with Crippen LogP contribution in [-0.4, -0.2) is 39.6 Å². The molecule has 158 valence electrons. The third-order valence-electron chi connectivity index (χ3n) is 5.15. The molecule has 4 rings (SSSR count). The van der Waals surface area contributed by atoms with Crippen molar-refractivity contribution < 1.29 is 14.3 Å². The predicted molar refractivity (Wildman–Crippen MR) is 118 cm³/mol. The Balaban J connectivity index is 1.90. The smallest absolute Gasteiger partial charge is 0.179 e. The van der Waals surface area contributed by atoms with E-state index in [1.807, 2.05) is 40.8 Å². The summed E-state index contributed by atoms with van der Waals surface area (Å²) in [5, 5.41) is 8.64. The standard InChI is InChI=1S/C23H23N5O3/c1-13(24)23(14(2)29)17-10-18-19(11-20(17)31-4)28-21(26-27-22(28)12-25-18)9-15-5-7-16(30-3)8-6-15/h5-8,10-12H,9,24H2,1-4H3. The number of ether oxygens (including phenoxy) is 2. The van der Waals surface area contributed by atoms with E-state index in [4.69, 9.17) is 15.2 Å². The first-order valence-electron chi connectivity index (χ1n) is 9.74. The summed E-state index contributed by atoms with van der Waals surface area (Å²) in [5.74, 6) is 1.95. The second-order valence-electron chi connectivity index (χ2n) is 7.25. The van der Waals surface area contributed by atoms with Crippen molar-refractivity contribution in [2.45, 2.75) is 20.3 Å². The second kappa shape index (κ2) is 8.06. The van der Waals surface area contributed by atoms with Crippen molar-refractivity contribution in [3.63, 3.8) is 0 Å². The SMILES string of the molecule is COc1ccc(Cc2nnc3cnc4cc(C(C(C)=O)=C(C)N)c(OC)cc4n23)cc1. The molecule has 0 unspecified atom stereocenters. The van der Waals surface area contributed by atoms with Gasteiger partial charge in [-0.05, 0) is 37.6 Å². The summed E-state index contributed by atoms with van der Waals surface area (Å²) >= 11 is 0. The molecule has 0 fully saturated rings. The quantitative estimate of drug-likeness (QED) is 0.481. The van der Waals surface area contributed by atoms with E-state index in [1.54, 1.807) is 27.3 Å². The number of nitrogens with two attached hydrogens (primary N) is 1. The Morgan fingerprint density at radius 3 is 2.42 bits per heavy atom. The van der Waals surface area contributed by atoms with Crippen LogP contribution in [0.3, 0.4) is 0 Å². The molecule has 0 aliphatic carbocycles. The topological polar surface area (TPSA) is 105 Å². The molecule has 0 spiro atoms. The van der Waals surface area contributed by atoms with Gasteiger partial charge in [0.25, 0.3) is 0 Å². The summed E-state index contributed by atoms with van der Waals surface area (Å²) in [6, 6.07) is 11.5. The zero-order valence-electron chi connectivity index (χ0n) is 17.8. The minimum Gasteiger partial charge on any atom is -0.497 e. The van der Waals surface area contributed by atoms with Crippen LogP contribution in [0.2, 0.25) is 0 Å². The first-order valence-corrected chi connectivity index (χ1v) is 9.74. The van der Waals surface area contributed by atoms with E-state index in [9.17, 15) is 4.79 Å². The lowest BCUT2D eigenvalue weighted by Crippen LogP contribution is -2.07. The van der Waals surface area contributed by atoms with E-state index in [1.165, 1.54) is 6.92 Å². The molecule has 0 saturated carbocycles. The molecule has 2 heterocycles. The van der Waals surface area contributed by atoms with Crippen LogP contribution in [0.25, 0.3) is 22.3 Å². The highest BCUT2D eigenvalue weighted by atomic mass is 16.5. The van der Waals surface area contributed by atoms with Crippen LogP contribution in [-0.2, 0) is 11.2 Å². The van der Waals surface area contributed by atoms with Crippen molar-refractivity contribution in [3.8, 4) is 11.5 Å². The molecule has 0 aliphatic heterocycles. The fourth-order valence-electron chi connectivity index (χ4n) is 3.73. The first kappa shape index (κ1) is 20.3. The number of hydrogen-bond donors (Lipinski definition) is 1. The molecule has 0 aliphatic rings. The summed E-state index contributed by atoms with van der Waals surface area (Å²) in [5.41, 5.74) is 10.6. The highest BCUT2D eigenvalue weighted by Gasteiger charge is 2.19. The Labute approximate surface area is 179 Å². The molecule has 2 N–H and O–H groups in total.